The first-order valence-electron chi connectivity index (χ1n) is 12.3. The summed E-state index contributed by atoms with van der Waals surface area (Å²) < 4.78 is 3.48. The van der Waals surface area contributed by atoms with Gasteiger partial charge in [0.1, 0.15) is 11.3 Å². The molecule has 35 heavy (non-hydrogen) atoms. The number of nitrogens with zero attached hydrogens (tertiary/aromatic N) is 7. The highest BCUT2D eigenvalue weighted by molar-refractivity contribution is 5.67. The van der Waals surface area contributed by atoms with E-state index in [-0.39, 0.29) is 11.1 Å². The number of pyridine rings is 1. The number of aromatic nitrogens is 5. The molecule has 1 aliphatic rings. The average molecular weight is 474 g/mol. The van der Waals surface area contributed by atoms with E-state index in [0.29, 0.717) is 29.0 Å². The lowest BCUT2D eigenvalue weighted by Crippen LogP contribution is -2.59. The number of fused-ring (bicyclic) bond motifs is 2. The summed E-state index contributed by atoms with van der Waals surface area (Å²) in [6, 6.07) is 6.06. The van der Waals surface area contributed by atoms with E-state index in [2.05, 4.69) is 60.8 Å². The summed E-state index contributed by atoms with van der Waals surface area (Å²) in [5.41, 5.74) is 6.61. The van der Waals surface area contributed by atoms with Gasteiger partial charge in [-0.05, 0) is 71.7 Å². The minimum Gasteiger partial charge on any atom is -0.370 e. The molecule has 0 spiro atoms. The van der Waals surface area contributed by atoms with Crippen molar-refractivity contribution in [2.24, 2.45) is 5.92 Å². The van der Waals surface area contributed by atoms with Crippen LogP contribution in [0, 0.1) is 26.7 Å². The van der Waals surface area contributed by atoms with Gasteiger partial charge < -0.3 is 9.80 Å². The SMILES string of the molecule is Cc1cn2nc(-c3cc(=O)n4cc(N(C)C5CCN(C)C(C)(C)C5C)cc(C)c4n3)cc2c(C)n1. The van der Waals surface area contributed by atoms with Crippen LogP contribution in [0.15, 0.2) is 35.4 Å². The van der Waals surface area contributed by atoms with Gasteiger partial charge in [0, 0.05) is 37.4 Å². The van der Waals surface area contributed by atoms with Crippen molar-refractivity contribution in [2.45, 2.75) is 59.5 Å². The Labute approximate surface area is 206 Å². The molecule has 4 aromatic heterocycles. The van der Waals surface area contributed by atoms with E-state index in [1.807, 2.05) is 43.7 Å². The lowest BCUT2D eigenvalue weighted by molar-refractivity contribution is 0.0393. The molecule has 0 bridgehead atoms. The van der Waals surface area contributed by atoms with E-state index in [1.165, 1.54) is 0 Å². The van der Waals surface area contributed by atoms with Crippen molar-refractivity contribution in [3.8, 4) is 11.4 Å². The van der Waals surface area contributed by atoms with Gasteiger partial charge in [0.05, 0.1) is 34.5 Å². The van der Waals surface area contributed by atoms with E-state index in [9.17, 15) is 4.79 Å². The molecule has 0 radical (unpaired) electrons. The highest BCUT2D eigenvalue weighted by Gasteiger charge is 2.41. The highest BCUT2D eigenvalue weighted by atomic mass is 16.1. The van der Waals surface area contributed by atoms with Gasteiger partial charge in [-0.2, -0.15) is 5.10 Å². The fourth-order valence-corrected chi connectivity index (χ4v) is 5.49. The van der Waals surface area contributed by atoms with Gasteiger partial charge in [-0.1, -0.05) is 6.92 Å². The molecule has 0 aromatic carbocycles. The Bertz CT molecular complexity index is 1500. The number of anilines is 1. The van der Waals surface area contributed by atoms with Gasteiger partial charge in [0.25, 0.3) is 5.56 Å². The maximum Gasteiger partial charge on any atom is 0.258 e. The molecule has 1 aliphatic heterocycles. The van der Waals surface area contributed by atoms with Crippen LogP contribution in [-0.2, 0) is 0 Å². The zero-order valence-electron chi connectivity index (χ0n) is 22.0. The van der Waals surface area contributed by atoms with Gasteiger partial charge >= 0.3 is 0 Å². The highest BCUT2D eigenvalue weighted by Crippen LogP contribution is 2.36. The first kappa shape index (κ1) is 23.5. The number of rotatable bonds is 3. The van der Waals surface area contributed by atoms with Crippen molar-refractivity contribution in [2.75, 3.05) is 25.5 Å². The van der Waals surface area contributed by atoms with Crippen LogP contribution < -0.4 is 10.5 Å². The third-order valence-electron chi connectivity index (χ3n) is 8.29. The van der Waals surface area contributed by atoms with Gasteiger partial charge in [-0.25, -0.2) is 9.50 Å². The number of hydrogen-bond donors (Lipinski definition) is 0. The largest absolute Gasteiger partial charge is 0.370 e. The first-order valence-corrected chi connectivity index (χ1v) is 12.3. The van der Waals surface area contributed by atoms with Gasteiger partial charge in [0.2, 0.25) is 0 Å². The van der Waals surface area contributed by atoms with Crippen LogP contribution in [0.2, 0.25) is 0 Å². The second-order valence-electron chi connectivity index (χ2n) is 10.7. The van der Waals surface area contributed by atoms with Gasteiger partial charge in [-0.15, -0.1) is 0 Å². The molecule has 4 aromatic rings. The lowest BCUT2D eigenvalue weighted by atomic mass is 9.76. The molecule has 0 N–H and O–H groups in total. The molecule has 5 heterocycles. The van der Waals surface area contributed by atoms with Crippen LogP contribution >= 0.6 is 0 Å². The van der Waals surface area contributed by atoms with Crippen molar-refractivity contribution in [3.05, 3.63) is 57.9 Å². The number of piperidine rings is 1. The van der Waals surface area contributed by atoms with Crippen molar-refractivity contribution in [1.82, 2.24) is 28.9 Å². The second kappa shape index (κ2) is 8.16. The van der Waals surface area contributed by atoms with Crippen molar-refractivity contribution in [3.63, 3.8) is 0 Å². The zero-order chi connectivity index (χ0) is 25.2. The Morgan fingerprint density at radius 2 is 1.80 bits per heavy atom. The van der Waals surface area contributed by atoms with Crippen molar-refractivity contribution < 1.29 is 0 Å². The van der Waals surface area contributed by atoms with Crippen LogP contribution in [0.5, 0.6) is 0 Å². The maximum atomic E-state index is 13.3. The zero-order valence-corrected chi connectivity index (χ0v) is 22.0. The van der Waals surface area contributed by atoms with Crippen LogP contribution in [0.25, 0.3) is 22.6 Å². The lowest BCUT2D eigenvalue weighted by Gasteiger charge is -2.51. The molecule has 5 rings (SSSR count). The quantitative estimate of drug-likeness (QED) is 0.450. The van der Waals surface area contributed by atoms with E-state index < -0.39 is 0 Å². The minimum absolute atomic E-state index is 0.108. The molecular formula is C27H35N7O. The Morgan fingerprint density at radius 1 is 1.06 bits per heavy atom. The molecule has 0 amide bonds. The average Bonchev–Trinajstić information content (AvgIpc) is 3.22. The Hall–Kier alpha value is -3.26. The molecule has 0 saturated carbocycles. The van der Waals surface area contributed by atoms with E-state index in [1.54, 1.807) is 10.5 Å². The van der Waals surface area contributed by atoms with E-state index in [4.69, 9.17) is 4.98 Å². The Kier molecular flexibility index (Phi) is 5.47. The standard InChI is InChI=1S/C27H35N7O/c1-16-11-20(32(8)23-9-10-31(7)27(5,6)18(23)3)15-33-25(35)13-21(29-26(16)33)22-12-24-19(4)28-17(2)14-34(24)30-22/h11-15,18,23H,9-10H2,1-8H3. The molecule has 1 saturated heterocycles. The van der Waals surface area contributed by atoms with Crippen molar-refractivity contribution >= 4 is 16.9 Å². The molecule has 8 nitrogen and oxygen atoms in total. The summed E-state index contributed by atoms with van der Waals surface area (Å²) >= 11 is 0. The molecule has 8 heteroatoms. The number of aryl methyl sites for hydroxylation is 3. The summed E-state index contributed by atoms with van der Waals surface area (Å²) in [7, 11) is 4.35. The predicted molar refractivity (Wildman–Crippen MR) is 140 cm³/mol. The number of hydrogen-bond acceptors (Lipinski definition) is 6. The molecule has 184 valence electrons. The van der Waals surface area contributed by atoms with Crippen LogP contribution in [0.1, 0.15) is 44.1 Å². The Morgan fingerprint density at radius 3 is 2.54 bits per heavy atom. The molecule has 1 fully saturated rings. The fourth-order valence-electron chi connectivity index (χ4n) is 5.49. The van der Waals surface area contributed by atoms with Crippen LogP contribution in [0.3, 0.4) is 0 Å². The Balaban J connectivity index is 1.55. The second-order valence-corrected chi connectivity index (χ2v) is 10.7. The minimum atomic E-state index is -0.108. The third-order valence-corrected chi connectivity index (χ3v) is 8.29. The summed E-state index contributed by atoms with van der Waals surface area (Å²) in [5, 5.41) is 4.67. The summed E-state index contributed by atoms with van der Waals surface area (Å²) in [5.74, 6) is 0.469. The van der Waals surface area contributed by atoms with Crippen LogP contribution in [-0.4, -0.2) is 61.1 Å². The molecule has 2 unspecified atom stereocenters. The monoisotopic (exact) mass is 473 g/mol. The van der Waals surface area contributed by atoms with Crippen LogP contribution in [0.4, 0.5) is 5.69 Å². The predicted octanol–water partition coefficient (Wildman–Crippen LogP) is 3.88. The third kappa shape index (κ3) is 3.80. The van der Waals surface area contributed by atoms with Gasteiger partial charge in [-0.3, -0.25) is 14.2 Å². The molecule has 0 aliphatic carbocycles. The number of likely N-dealkylation sites (tertiary alicyclic amines) is 1. The topological polar surface area (TPSA) is 71.0 Å². The summed E-state index contributed by atoms with van der Waals surface area (Å²) in [6.45, 7) is 13.9. The van der Waals surface area contributed by atoms with E-state index in [0.717, 1.165) is 41.1 Å². The molecule has 2 atom stereocenters. The first-order chi connectivity index (χ1) is 16.5. The van der Waals surface area contributed by atoms with E-state index >= 15 is 0 Å². The molecular weight excluding hydrogens is 438 g/mol. The fraction of sp³-hybridized carbons (Fsp3) is 0.481. The summed E-state index contributed by atoms with van der Waals surface area (Å²) in [4.78, 5) is 27.4. The maximum absolute atomic E-state index is 13.3. The normalized spacial score (nSPS) is 20.6. The smallest absolute Gasteiger partial charge is 0.258 e. The van der Waals surface area contributed by atoms with Gasteiger partial charge in [0.15, 0.2) is 0 Å². The summed E-state index contributed by atoms with van der Waals surface area (Å²) in [6.07, 6.45) is 4.90. The van der Waals surface area contributed by atoms with Crippen molar-refractivity contribution in [1.29, 1.82) is 0 Å².